The van der Waals surface area contributed by atoms with Crippen LogP contribution in [0.3, 0.4) is 0 Å². The summed E-state index contributed by atoms with van der Waals surface area (Å²) >= 11 is 0. The van der Waals surface area contributed by atoms with Crippen LogP contribution in [0.4, 0.5) is 0 Å². The number of nitrogens with one attached hydrogen (secondary N) is 2. The molecule has 0 spiro atoms. The lowest BCUT2D eigenvalue weighted by molar-refractivity contribution is -0.121. The van der Waals surface area contributed by atoms with Crippen LogP contribution in [0.2, 0.25) is 0 Å². The number of hydrogen-bond acceptors (Lipinski definition) is 2. The minimum absolute atomic E-state index is 0.221. The predicted molar refractivity (Wildman–Crippen MR) is 58.2 cm³/mol. The van der Waals surface area contributed by atoms with E-state index in [1.165, 1.54) is 12.8 Å². The highest BCUT2D eigenvalue weighted by molar-refractivity contribution is 5.76. The summed E-state index contributed by atoms with van der Waals surface area (Å²) < 4.78 is 0. The Hall–Kier alpha value is -0.570. The summed E-state index contributed by atoms with van der Waals surface area (Å²) in [5.74, 6) is 0.221. The Morgan fingerprint density at radius 2 is 2.21 bits per heavy atom. The van der Waals surface area contributed by atoms with Gasteiger partial charge in [-0.15, -0.1) is 0 Å². The van der Waals surface area contributed by atoms with E-state index in [-0.39, 0.29) is 5.91 Å². The molecule has 3 heteroatoms. The highest BCUT2D eigenvalue weighted by Crippen LogP contribution is 2.18. The molecule has 0 bridgehead atoms. The first kappa shape index (κ1) is 11.5. The molecular formula is C11H22N2O. The molecule has 1 amide bonds. The van der Waals surface area contributed by atoms with Crippen molar-refractivity contribution >= 4 is 5.91 Å². The minimum atomic E-state index is 0.221. The van der Waals surface area contributed by atoms with E-state index in [1.54, 1.807) is 0 Å². The van der Waals surface area contributed by atoms with Crippen LogP contribution in [0.5, 0.6) is 0 Å². The smallest absolute Gasteiger partial charge is 0.220 e. The Morgan fingerprint density at radius 1 is 1.50 bits per heavy atom. The summed E-state index contributed by atoms with van der Waals surface area (Å²) in [6, 6.07) is 1.08. The number of rotatable bonds is 7. The highest BCUT2D eigenvalue weighted by Gasteiger charge is 2.22. The van der Waals surface area contributed by atoms with Crippen LogP contribution in [0.15, 0.2) is 0 Å². The predicted octanol–water partition coefficient (Wildman–Crippen LogP) is 1.43. The second kappa shape index (κ2) is 6.02. The van der Waals surface area contributed by atoms with Crippen LogP contribution in [0.25, 0.3) is 0 Å². The van der Waals surface area contributed by atoms with Gasteiger partial charge in [0.1, 0.15) is 0 Å². The quantitative estimate of drug-likeness (QED) is 0.608. The molecule has 3 nitrogen and oxygen atoms in total. The lowest BCUT2D eigenvalue weighted by Gasteiger charge is -2.10. The van der Waals surface area contributed by atoms with Crippen molar-refractivity contribution in [2.45, 2.75) is 58.0 Å². The Balaban J connectivity index is 1.89. The van der Waals surface area contributed by atoms with Crippen LogP contribution in [-0.2, 0) is 4.79 Å². The molecule has 0 aliphatic heterocycles. The summed E-state index contributed by atoms with van der Waals surface area (Å²) in [5.41, 5.74) is 0. The molecular weight excluding hydrogens is 176 g/mol. The van der Waals surface area contributed by atoms with Gasteiger partial charge in [0.15, 0.2) is 0 Å². The van der Waals surface area contributed by atoms with Gasteiger partial charge >= 0.3 is 0 Å². The number of carbonyl (C=O) groups is 1. The molecule has 1 fully saturated rings. The van der Waals surface area contributed by atoms with E-state index >= 15 is 0 Å². The maximum atomic E-state index is 11.3. The summed E-state index contributed by atoms with van der Waals surface area (Å²) in [6.45, 7) is 5.29. The highest BCUT2D eigenvalue weighted by atomic mass is 16.1. The van der Waals surface area contributed by atoms with Crippen LogP contribution < -0.4 is 10.6 Å². The van der Waals surface area contributed by atoms with Gasteiger partial charge in [0.2, 0.25) is 5.91 Å². The van der Waals surface area contributed by atoms with Crippen molar-refractivity contribution in [1.82, 2.24) is 10.6 Å². The molecule has 0 heterocycles. The molecule has 1 unspecified atom stereocenters. The fraction of sp³-hybridized carbons (Fsp3) is 0.909. The summed E-state index contributed by atoms with van der Waals surface area (Å²) in [4.78, 5) is 11.3. The van der Waals surface area contributed by atoms with E-state index < -0.39 is 0 Å². The first-order valence-corrected chi connectivity index (χ1v) is 5.75. The van der Waals surface area contributed by atoms with Crippen molar-refractivity contribution in [2.75, 3.05) is 6.54 Å². The monoisotopic (exact) mass is 198 g/mol. The molecule has 0 aromatic rings. The molecule has 1 saturated carbocycles. The summed E-state index contributed by atoms with van der Waals surface area (Å²) in [5, 5.41) is 6.37. The van der Waals surface area contributed by atoms with Gasteiger partial charge < -0.3 is 10.6 Å². The first-order valence-electron chi connectivity index (χ1n) is 5.75. The van der Waals surface area contributed by atoms with Gasteiger partial charge in [-0.05, 0) is 39.2 Å². The third kappa shape index (κ3) is 5.22. The normalized spacial score (nSPS) is 17.9. The Bertz CT molecular complexity index is 178. The molecule has 1 atom stereocenters. The van der Waals surface area contributed by atoms with Crippen LogP contribution >= 0.6 is 0 Å². The zero-order chi connectivity index (χ0) is 10.4. The fourth-order valence-corrected chi connectivity index (χ4v) is 1.27. The van der Waals surface area contributed by atoms with Gasteiger partial charge in [0.25, 0.3) is 0 Å². The van der Waals surface area contributed by atoms with Crippen molar-refractivity contribution < 1.29 is 4.79 Å². The Morgan fingerprint density at radius 3 is 2.79 bits per heavy atom. The molecule has 1 aliphatic carbocycles. The van der Waals surface area contributed by atoms with E-state index in [0.717, 1.165) is 19.4 Å². The third-order valence-electron chi connectivity index (χ3n) is 2.63. The first-order chi connectivity index (χ1) is 6.72. The molecule has 0 aromatic heterocycles. The maximum absolute atomic E-state index is 11.3. The molecule has 0 aromatic carbocycles. The van der Waals surface area contributed by atoms with E-state index in [2.05, 4.69) is 24.5 Å². The van der Waals surface area contributed by atoms with Gasteiger partial charge in [-0.2, -0.15) is 0 Å². The molecule has 14 heavy (non-hydrogen) atoms. The fourth-order valence-electron chi connectivity index (χ4n) is 1.27. The van der Waals surface area contributed by atoms with E-state index in [1.807, 2.05) is 0 Å². The van der Waals surface area contributed by atoms with Gasteiger partial charge in [0.05, 0.1) is 0 Å². The minimum Gasteiger partial charge on any atom is -0.353 e. The van der Waals surface area contributed by atoms with Gasteiger partial charge in [-0.1, -0.05) is 6.92 Å². The van der Waals surface area contributed by atoms with Gasteiger partial charge in [0, 0.05) is 18.5 Å². The maximum Gasteiger partial charge on any atom is 0.220 e. The van der Waals surface area contributed by atoms with Crippen molar-refractivity contribution in [1.29, 1.82) is 0 Å². The molecule has 2 N–H and O–H groups in total. The molecule has 1 aliphatic rings. The molecule has 1 rings (SSSR count). The van der Waals surface area contributed by atoms with Crippen molar-refractivity contribution in [2.24, 2.45) is 0 Å². The zero-order valence-corrected chi connectivity index (χ0v) is 9.31. The number of amides is 1. The van der Waals surface area contributed by atoms with Crippen molar-refractivity contribution in [3.63, 3.8) is 0 Å². The molecule has 0 saturated heterocycles. The lowest BCUT2D eigenvalue weighted by Crippen LogP contribution is -2.29. The topological polar surface area (TPSA) is 41.1 Å². The Kier molecular flexibility index (Phi) is 4.94. The average molecular weight is 198 g/mol. The van der Waals surface area contributed by atoms with E-state index in [4.69, 9.17) is 0 Å². The van der Waals surface area contributed by atoms with Gasteiger partial charge in [-0.25, -0.2) is 0 Å². The second-order valence-electron chi connectivity index (χ2n) is 4.21. The van der Waals surface area contributed by atoms with E-state index in [0.29, 0.717) is 18.5 Å². The summed E-state index contributed by atoms with van der Waals surface area (Å²) in [6.07, 6.45) is 5.12. The van der Waals surface area contributed by atoms with Crippen LogP contribution in [-0.4, -0.2) is 24.5 Å². The summed E-state index contributed by atoms with van der Waals surface area (Å²) in [7, 11) is 0. The molecule has 82 valence electrons. The lowest BCUT2D eigenvalue weighted by atomic mass is 10.2. The van der Waals surface area contributed by atoms with Crippen molar-refractivity contribution in [3.8, 4) is 0 Å². The number of carbonyl (C=O) groups excluding carboxylic acids is 1. The average Bonchev–Trinajstić information content (AvgIpc) is 2.95. The third-order valence-corrected chi connectivity index (χ3v) is 2.63. The number of hydrogen-bond donors (Lipinski definition) is 2. The zero-order valence-electron chi connectivity index (χ0n) is 9.31. The SMILES string of the molecule is CCC(C)NCCCC(=O)NC1CC1. The van der Waals surface area contributed by atoms with E-state index in [9.17, 15) is 4.79 Å². The Labute approximate surface area is 86.6 Å². The molecule has 0 radical (unpaired) electrons. The van der Waals surface area contributed by atoms with Gasteiger partial charge in [-0.3, -0.25) is 4.79 Å². The van der Waals surface area contributed by atoms with Crippen molar-refractivity contribution in [3.05, 3.63) is 0 Å². The largest absolute Gasteiger partial charge is 0.353 e. The van der Waals surface area contributed by atoms with Crippen LogP contribution in [0, 0.1) is 0 Å². The standard InChI is InChI=1S/C11H22N2O/c1-3-9(2)12-8-4-5-11(14)13-10-6-7-10/h9-10,12H,3-8H2,1-2H3,(H,13,14). The second-order valence-corrected chi connectivity index (χ2v) is 4.21. The van der Waals surface area contributed by atoms with Crippen LogP contribution in [0.1, 0.15) is 46.0 Å².